The van der Waals surface area contributed by atoms with Crippen LogP contribution in [0.3, 0.4) is 0 Å². The topological polar surface area (TPSA) is 30.5 Å². The van der Waals surface area contributed by atoms with Gasteiger partial charge in [0.2, 0.25) is 0 Å². The maximum Gasteiger partial charge on any atom is 0.0587 e. The molecule has 2 atom stereocenters. The quantitative estimate of drug-likeness (QED) is 0.655. The Bertz CT molecular complexity index is 147. The lowest BCUT2D eigenvalue weighted by molar-refractivity contribution is 0.0460. The maximum atomic E-state index is 5.49. The number of nitrogens with one attached hydrogen (secondary N) is 1. The molecule has 0 aromatic rings. The SMILES string of the molecule is COCCNCC(C)CC1CCCOC1. The Kier molecular flexibility index (Phi) is 6.98. The van der Waals surface area contributed by atoms with Crippen molar-refractivity contribution in [1.29, 1.82) is 0 Å². The summed E-state index contributed by atoms with van der Waals surface area (Å²) in [6.45, 7) is 7.12. The largest absolute Gasteiger partial charge is 0.383 e. The van der Waals surface area contributed by atoms with Crippen LogP contribution in [0.1, 0.15) is 26.2 Å². The van der Waals surface area contributed by atoms with Gasteiger partial charge in [-0.1, -0.05) is 6.92 Å². The van der Waals surface area contributed by atoms with Gasteiger partial charge in [-0.15, -0.1) is 0 Å². The molecular weight excluding hydrogens is 190 g/mol. The van der Waals surface area contributed by atoms with E-state index in [0.717, 1.165) is 44.7 Å². The van der Waals surface area contributed by atoms with Gasteiger partial charge >= 0.3 is 0 Å². The van der Waals surface area contributed by atoms with Crippen LogP contribution in [-0.2, 0) is 9.47 Å². The summed E-state index contributed by atoms with van der Waals surface area (Å²) in [5.41, 5.74) is 0. The monoisotopic (exact) mass is 215 g/mol. The Morgan fingerprint density at radius 3 is 3.07 bits per heavy atom. The lowest BCUT2D eigenvalue weighted by Gasteiger charge is -2.25. The Balaban J connectivity index is 1.98. The van der Waals surface area contributed by atoms with Gasteiger partial charge in [0.1, 0.15) is 0 Å². The number of hydrogen-bond acceptors (Lipinski definition) is 3. The molecule has 3 heteroatoms. The van der Waals surface area contributed by atoms with Crippen molar-refractivity contribution in [2.24, 2.45) is 11.8 Å². The van der Waals surface area contributed by atoms with Gasteiger partial charge in [-0.25, -0.2) is 0 Å². The summed E-state index contributed by atoms with van der Waals surface area (Å²) in [5, 5.41) is 3.41. The van der Waals surface area contributed by atoms with Gasteiger partial charge in [-0.05, 0) is 37.6 Å². The van der Waals surface area contributed by atoms with Gasteiger partial charge in [0.25, 0.3) is 0 Å². The van der Waals surface area contributed by atoms with Crippen molar-refractivity contribution in [3.05, 3.63) is 0 Å². The van der Waals surface area contributed by atoms with Crippen LogP contribution in [0.15, 0.2) is 0 Å². The van der Waals surface area contributed by atoms with E-state index in [0.29, 0.717) is 0 Å². The molecule has 15 heavy (non-hydrogen) atoms. The minimum absolute atomic E-state index is 0.744. The van der Waals surface area contributed by atoms with E-state index in [4.69, 9.17) is 9.47 Å². The minimum Gasteiger partial charge on any atom is -0.383 e. The molecule has 0 saturated carbocycles. The lowest BCUT2D eigenvalue weighted by Crippen LogP contribution is -2.27. The van der Waals surface area contributed by atoms with Crippen LogP contribution in [0.2, 0.25) is 0 Å². The van der Waals surface area contributed by atoms with Crippen molar-refractivity contribution < 1.29 is 9.47 Å². The summed E-state index contributed by atoms with van der Waals surface area (Å²) in [4.78, 5) is 0. The van der Waals surface area contributed by atoms with Crippen molar-refractivity contribution in [2.45, 2.75) is 26.2 Å². The van der Waals surface area contributed by atoms with Crippen molar-refractivity contribution in [2.75, 3.05) is 40.0 Å². The van der Waals surface area contributed by atoms with Gasteiger partial charge in [-0.2, -0.15) is 0 Å². The Labute approximate surface area is 93.5 Å². The molecule has 1 N–H and O–H groups in total. The molecule has 0 spiro atoms. The predicted octanol–water partition coefficient (Wildman–Crippen LogP) is 1.68. The first-order valence-electron chi connectivity index (χ1n) is 6.10. The molecule has 0 aromatic heterocycles. The molecule has 1 rings (SSSR count). The molecule has 90 valence electrons. The predicted molar refractivity (Wildman–Crippen MR) is 62.1 cm³/mol. The highest BCUT2D eigenvalue weighted by molar-refractivity contribution is 4.68. The Hall–Kier alpha value is -0.120. The first-order valence-corrected chi connectivity index (χ1v) is 6.10. The summed E-state index contributed by atoms with van der Waals surface area (Å²) in [5.74, 6) is 1.53. The molecule has 1 heterocycles. The van der Waals surface area contributed by atoms with Gasteiger partial charge in [0.05, 0.1) is 6.61 Å². The average molecular weight is 215 g/mol. The van der Waals surface area contributed by atoms with Crippen molar-refractivity contribution in [3.63, 3.8) is 0 Å². The van der Waals surface area contributed by atoms with Crippen molar-refractivity contribution in [3.8, 4) is 0 Å². The molecule has 2 unspecified atom stereocenters. The van der Waals surface area contributed by atoms with Crippen LogP contribution >= 0.6 is 0 Å². The first kappa shape index (κ1) is 12.9. The maximum absolute atomic E-state index is 5.49. The average Bonchev–Trinajstić information content (AvgIpc) is 2.26. The highest BCUT2D eigenvalue weighted by Crippen LogP contribution is 2.21. The Morgan fingerprint density at radius 2 is 2.40 bits per heavy atom. The molecule has 0 aromatic carbocycles. The highest BCUT2D eigenvalue weighted by atomic mass is 16.5. The summed E-state index contributed by atoms with van der Waals surface area (Å²) in [7, 11) is 1.74. The zero-order valence-corrected chi connectivity index (χ0v) is 10.1. The van der Waals surface area contributed by atoms with Crippen LogP contribution in [-0.4, -0.2) is 40.0 Å². The molecule has 1 aliphatic heterocycles. The van der Waals surface area contributed by atoms with E-state index in [1.54, 1.807) is 7.11 Å². The van der Waals surface area contributed by atoms with E-state index >= 15 is 0 Å². The fraction of sp³-hybridized carbons (Fsp3) is 1.00. The van der Waals surface area contributed by atoms with E-state index in [9.17, 15) is 0 Å². The standard InChI is InChI=1S/C12H25NO2/c1-11(9-13-5-7-14-2)8-12-4-3-6-15-10-12/h11-13H,3-10H2,1-2H3. The fourth-order valence-electron chi connectivity index (χ4n) is 2.17. The number of hydrogen-bond donors (Lipinski definition) is 1. The van der Waals surface area contributed by atoms with E-state index in [2.05, 4.69) is 12.2 Å². The normalized spacial score (nSPS) is 24.0. The van der Waals surface area contributed by atoms with Gasteiger partial charge in [-0.3, -0.25) is 0 Å². The number of methoxy groups -OCH3 is 1. The van der Waals surface area contributed by atoms with E-state index in [1.807, 2.05) is 0 Å². The molecule has 0 bridgehead atoms. The third-order valence-corrected chi connectivity index (χ3v) is 2.97. The third-order valence-electron chi connectivity index (χ3n) is 2.97. The van der Waals surface area contributed by atoms with Gasteiger partial charge in [0, 0.05) is 26.9 Å². The first-order chi connectivity index (χ1) is 7.33. The molecule has 0 aliphatic carbocycles. The molecule has 0 amide bonds. The molecule has 1 saturated heterocycles. The van der Waals surface area contributed by atoms with Crippen LogP contribution in [0.4, 0.5) is 0 Å². The molecule has 0 radical (unpaired) electrons. The van der Waals surface area contributed by atoms with E-state index in [1.165, 1.54) is 19.3 Å². The third kappa shape index (κ3) is 6.13. The zero-order valence-electron chi connectivity index (χ0n) is 10.1. The van der Waals surface area contributed by atoms with Gasteiger partial charge in [0.15, 0.2) is 0 Å². The molecule has 3 nitrogen and oxygen atoms in total. The fourth-order valence-corrected chi connectivity index (χ4v) is 2.17. The van der Waals surface area contributed by atoms with E-state index < -0.39 is 0 Å². The van der Waals surface area contributed by atoms with Crippen molar-refractivity contribution in [1.82, 2.24) is 5.32 Å². The smallest absolute Gasteiger partial charge is 0.0587 e. The minimum atomic E-state index is 0.744. The summed E-state index contributed by atoms with van der Waals surface area (Å²) < 4.78 is 10.5. The zero-order chi connectivity index (χ0) is 10.9. The van der Waals surface area contributed by atoms with Crippen LogP contribution < -0.4 is 5.32 Å². The second kappa shape index (κ2) is 8.08. The van der Waals surface area contributed by atoms with Crippen molar-refractivity contribution >= 4 is 0 Å². The summed E-state index contributed by atoms with van der Waals surface area (Å²) in [6.07, 6.45) is 3.89. The molecular formula is C12H25NO2. The highest BCUT2D eigenvalue weighted by Gasteiger charge is 2.16. The Morgan fingerprint density at radius 1 is 1.53 bits per heavy atom. The number of rotatable bonds is 7. The second-order valence-corrected chi connectivity index (χ2v) is 4.62. The molecule has 1 aliphatic rings. The van der Waals surface area contributed by atoms with E-state index in [-0.39, 0.29) is 0 Å². The van der Waals surface area contributed by atoms with Crippen LogP contribution in [0, 0.1) is 11.8 Å². The molecule has 1 fully saturated rings. The lowest BCUT2D eigenvalue weighted by atomic mass is 9.91. The van der Waals surface area contributed by atoms with Crippen LogP contribution in [0.5, 0.6) is 0 Å². The number of ether oxygens (including phenoxy) is 2. The summed E-state index contributed by atoms with van der Waals surface area (Å²) in [6, 6.07) is 0. The summed E-state index contributed by atoms with van der Waals surface area (Å²) >= 11 is 0. The van der Waals surface area contributed by atoms with Gasteiger partial charge < -0.3 is 14.8 Å². The van der Waals surface area contributed by atoms with Crippen LogP contribution in [0.25, 0.3) is 0 Å². The second-order valence-electron chi connectivity index (χ2n) is 4.62.